The minimum Gasteiger partial charge on any atom is -0.370 e. The van der Waals surface area contributed by atoms with E-state index in [0.717, 1.165) is 25.2 Å². The standard InChI is InChI=1S/C14H24N4O/c1-11(2)9-18-14(19)12-5-6-13(17-10-12)16-8-4-3-7-15/h5-6,10-11H,3-4,7-9,15H2,1-2H3,(H,16,17)(H,18,19). The van der Waals surface area contributed by atoms with Crippen LogP contribution in [0.1, 0.15) is 37.0 Å². The van der Waals surface area contributed by atoms with Crippen molar-refractivity contribution in [3.8, 4) is 0 Å². The molecule has 0 aliphatic heterocycles. The van der Waals surface area contributed by atoms with Crippen LogP contribution in [0.5, 0.6) is 0 Å². The van der Waals surface area contributed by atoms with E-state index in [1.165, 1.54) is 0 Å². The summed E-state index contributed by atoms with van der Waals surface area (Å²) in [5, 5.41) is 6.06. The van der Waals surface area contributed by atoms with Crippen LogP contribution in [0.3, 0.4) is 0 Å². The zero-order valence-corrected chi connectivity index (χ0v) is 11.8. The summed E-state index contributed by atoms with van der Waals surface area (Å²) in [5.41, 5.74) is 6.01. The first-order chi connectivity index (χ1) is 9.13. The number of aromatic nitrogens is 1. The highest BCUT2D eigenvalue weighted by Crippen LogP contribution is 2.05. The van der Waals surface area contributed by atoms with Gasteiger partial charge in [-0.1, -0.05) is 13.8 Å². The highest BCUT2D eigenvalue weighted by atomic mass is 16.1. The number of hydrogen-bond donors (Lipinski definition) is 3. The molecule has 0 bridgehead atoms. The van der Waals surface area contributed by atoms with Crippen LogP contribution in [0.25, 0.3) is 0 Å². The number of carbonyl (C=O) groups excluding carboxylic acids is 1. The average Bonchev–Trinajstić information content (AvgIpc) is 2.41. The van der Waals surface area contributed by atoms with Crippen LogP contribution in [0, 0.1) is 5.92 Å². The van der Waals surface area contributed by atoms with Crippen LogP contribution in [0.2, 0.25) is 0 Å². The molecular weight excluding hydrogens is 240 g/mol. The van der Waals surface area contributed by atoms with Crippen molar-refractivity contribution in [1.82, 2.24) is 10.3 Å². The van der Waals surface area contributed by atoms with Crippen LogP contribution < -0.4 is 16.4 Å². The lowest BCUT2D eigenvalue weighted by Crippen LogP contribution is -2.27. The van der Waals surface area contributed by atoms with Gasteiger partial charge >= 0.3 is 0 Å². The maximum absolute atomic E-state index is 11.8. The maximum Gasteiger partial charge on any atom is 0.252 e. The molecule has 0 aromatic carbocycles. The van der Waals surface area contributed by atoms with Gasteiger partial charge in [0.2, 0.25) is 0 Å². The van der Waals surface area contributed by atoms with E-state index in [1.807, 2.05) is 6.07 Å². The summed E-state index contributed by atoms with van der Waals surface area (Å²) in [6, 6.07) is 3.61. The van der Waals surface area contributed by atoms with Gasteiger partial charge in [-0.3, -0.25) is 4.79 Å². The third-order valence-electron chi connectivity index (χ3n) is 2.63. The van der Waals surface area contributed by atoms with Crippen molar-refractivity contribution in [3.63, 3.8) is 0 Å². The van der Waals surface area contributed by atoms with Gasteiger partial charge in [0.25, 0.3) is 5.91 Å². The van der Waals surface area contributed by atoms with Gasteiger partial charge in [-0.05, 0) is 37.4 Å². The van der Waals surface area contributed by atoms with Crippen molar-refractivity contribution >= 4 is 11.7 Å². The molecule has 19 heavy (non-hydrogen) atoms. The number of rotatable bonds is 8. The second-order valence-corrected chi connectivity index (χ2v) is 4.96. The molecule has 1 aromatic heterocycles. The van der Waals surface area contributed by atoms with E-state index in [9.17, 15) is 4.79 Å². The second-order valence-electron chi connectivity index (χ2n) is 4.96. The van der Waals surface area contributed by atoms with Crippen molar-refractivity contribution in [2.24, 2.45) is 11.7 Å². The molecular formula is C14H24N4O. The lowest BCUT2D eigenvalue weighted by atomic mass is 10.2. The van der Waals surface area contributed by atoms with Gasteiger partial charge < -0.3 is 16.4 Å². The van der Waals surface area contributed by atoms with Crippen LogP contribution in [0.15, 0.2) is 18.3 Å². The first-order valence-electron chi connectivity index (χ1n) is 6.81. The number of unbranched alkanes of at least 4 members (excludes halogenated alkanes) is 1. The third-order valence-corrected chi connectivity index (χ3v) is 2.63. The molecule has 0 atom stereocenters. The third kappa shape index (κ3) is 6.20. The summed E-state index contributed by atoms with van der Waals surface area (Å²) in [5.74, 6) is 1.16. The number of nitrogens with zero attached hydrogens (tertiary/aromatic N) is 1. The van der Waals surface area contributed by atoms with Gasteiger partial charge in [0.05, 0.1) is 5.56 Å². The minimum absolute atomic E-state index is 0.0733. The first-order valence-corrected chi connectivity index (χ1v) is 6.81. The van der Waals surface area contributed by atoms with Crippen molar-refractivity contribution in [3.05, 3.63) is 23.9 Å². The monoisotopic (exact) mass is 264 g/mol. The van der Waals surface area contributed by atoms with E-state index in [4.69, 9.17) is 5.73 Å². The minimum atomic E-state index is -0.0733. The van der Waals surface area contributed by atoms with Crippen LogP contribution in [-0.4, -0.2) is 30.5 Å². The molecule has 5 heteroatoms. The molecule has 106 valence electrons. The van der Waals surface area contributed by atoms with Crippen LogP contribution in [-0.2, 0) is 0 Å². The normalized spacial score (nSPS) is 10.5. The fourth-order valence-corrected chi connectivity index (χ4v) is 1.52. The van der Waals surface area contributed by atoms with Crippen molar-refractivity contribution in [1.29, 1.82) is 0 Å². The molecule has 0 fully saturated rings. The zero-order valence-electron chi connectivity index (χ0n) is 11.8. The predicted octanol–water partition coefficient (Wildman–Crippen LogP) is 1.62. The lowest BCUT2D eigenvalue weighted by Gasteiger charge is -2.08. The second kappa shape index (κ2) is 8.48. The Kier molecular flexibility index (Phi) is 6.89. The quantitative estimate of drug-likeness (QED) is 0.623. The molecule has 1 heterocycles. The van der Waals surface area contributed by atoms with Crippen molar-refractivity contribution < 1.29 is 4.79 Å². The Morgan fingerprint density at radius 3 is 2.74 bits per heavy atom. The number of anilines is 1. The Morgan fingerprint density at radius 1 is 1.37 bits per heavy atom. The summed E-state index contributed by atoms with van der Waals surface area (Å²) in [6.07, 6.45) is 3.62. The van der Waals surface area contributed by atoms with Crippen LogP contribution in [0.4, 0.5) is 5.82 Å². The summed E-state index contributed by atoms with van der Waals surface area (Å²) in [7, 11) is 0. The SMILES string of the molecule is CC(C)CNC(=O)c1ccc(NCCCCN)nc1. The molecule has 0 spiro atoms. The predicted molar refractivity (Wildman–Crippen MR) is 78.2 cm³/mol. The van der Waals surface area contributed by atoms with Gasteiger partial charge in [0, 0.05) is 19.3 Å². The fourth-order valence-electron chi connectivity index (χ4n) is 1.52. The fraction of sp³-hybridized carbons (Fsp3) is 0.571. The van der Waals surface area contributed by atoms with Crippen molar-refractivity contribution in [2.75, 3.05) is 25.0 Å². The molecule has 0 aliphatic carbocycles. The number of pyridine rings is 1. The average molecular weight is 264 g/mol. The molecule has 5 nitrogen and oxygen atoms in total. The summed E-state index contributed by atoms with van der Waals surface area (Å²) >= 11 is 0. The molecule has 1 amide bonds. The highest BCUT2D eigenvalue weighted by molar-refractivity contribution is 5.94. The smallest absolute Gasteiger partial charge is 0.252 e. The van der Waals surface area contributed by atoms with E-state index >= 15 is 0 Å². The molecule has 0 saturated heterocycles. The number of nitrogens with two attached hydrogens (primary N) is 1. The molecule has 1 aromatic rings. The van der Waals surface area contributed by atoms with Crippen LogP contribution >= 0.6 is 0 Å². The van der Waals surface area contributed by atoms with E-state index in [-0.39, 0.29) is 5.91 Å². The largest absolute Gasteiger partial charge is 0.370 e. The highest BCUT2D eigenvalue weighted by Gasteiger charge is 2.06. The topological polar surface area (TPSA) is 80.0 Å². The van der Waals surface area contributed by atoms with Crippen molar-refractivity contribution in [2.45, 2.75) is 26.7 Å². The van der Waals surface area contributed by atoms with Gasteiger partial charge in [0.1, 0.15) is 5.82 Å². The van der Waals surface area contributed by atoms with E-state index < -0.39 is 0 Å². The Hall–Kier alpha value is -1.62. The Balaban J connectivity index is 2.40. The van der Waals surface area contributed by atoms with Gasteiger partial charge in [-0.15, -0.1) is 0 Å². The molecule has 0 unspecified atom stereocenters. The Labute approximate surface area is 115 Å². The maximum atomic E-state index is 11.8. The zero-order chi connectivity index (χ0) is 14.1. The molecule has 4 N–H and O–H groups in total. The summed E-state index contributed by atoms with van der Waals surface area (Å²) in [6.45, 7) is 6.37. The molecule has 0 radical (unpaired) electrons. The Bertz CT molecular complexity index is 376. The number of carbonyl (C=O) groups is 1. The van der Waals surface area contributed by atoms with Gasteiger partial charge in [-0.25, -0.2) is 4.98 Å². The van der Waals surface area contributed by atoms with E-state index in [2.05, 4.69) is 29.5 Å². The first kappa shape index (κ1) is 15.4. The number of hydrogen-bond acceptors (Lipinski definition) is 4. The van der Waals surface area contributed by atoms with E-state index in [0.29, 0.717) is 24.6 Å². The van der Waals surface area contributed by atoms with Gasteiger partial charge in [0.15, 0.2) is 0 Å². The summed E-state index contributed by atoms with van der Waals surface area (Å²) < 4.78 is 0. The molecule has 1 rings (SSSR count). The number of nitrogens with one attached hydrogen (secondary N) is 2. The lowest BCUT2D eigenvalue weighted by molar-refractivity contribution is 0.0948. The van der Waals surface area contributed by atoms with Gasteiger partial charge in [-0.2, -0.15) is 0 Å². The summed E-state index contributed by atoms with van der Waals surface area (Å²) in [4.78, 5) is 16.0. The number of amides is 1. The van der Waals surface area contributed by atoms with E-state index in [1.54, 1.807) is 12.3 Å². The molecule has 0 aliphatic rings. The molecule has 0 saturated carbocycles. The Morgan fingerprint density at radius 2 is 2.16 bits per heavy atom.